The Hall–Kier alpha value is -1.20. The van der Waals surface area contributed by atoms with Crippen LogP contribution in [0.1, 0.15) is 52.3 Å². The summed E-state index contributed by atoms with van der Waals surface area (Å²) >= 11 is 1.57. The summed E-state index contributed by atoms with van der Waals surface area (Å²) in [6.07, 6.45) is 3.79. The molecule has 1 saturated heterocycles. The van der Waals surface area contributed by atoms with Gasteiger partial charge in [0.25, 0.3) is 0 Å². The van der Waals surface area contributed by atoms with E-state index in [4.69, 9.17) is 0 Å². The number of hydrogen-bond donors (Lipinski definition) is 1. The first-order valence-electron chi connectivity index (χ1n) is 7.58. The van der Waals surface area contributed by atoms with Crippen molar-refractivity contribution in [1.82, 2.24) is 10.3 Å². The van der Waals surface area contributed by atoms with E-state index in [0.29, 0.717) is 17.9 Å². The fourth-order valence-electron chi connectivity index (χ4n) is 3.25. The molecule has 0 spiro atoms. The summed E-state index contributed by atoms with van der Waals surface area (Å²) in [7, 11) is 0. The van der Waals surface area contributed by atoms with Gasteiger partial charge >= 0.3 is 5.82 Å². The zero-order chi connectivity index (χ0) is 15.2. The summed E-state index contributed by atoms with van der Waals surface area (Å²) in [5, 5.41) is 18.2. The quantitative estimate of drug-likeness (QED) is 0.650. The Morgan fingerprint density at radius 1 is 1.38 bits per heavy atom. The van der Waals surface area contributed by atoms with E-state index in [0.717, 1.165) is 27.8 Å². The molecule has 114 valence electrons. The van der Waals surface area contributed by atoms with E-state index in [-0.39, 0.29) is 11.3 Å². The highest BCUT2D eigenvalue weighted by molar-refractivity contribution is 7.17. The van der Waals surface area contributed by atoms with Crippen LogP contribution in [0, 0.1) is 10.6 Å². The average Bonchev–Trinajstić information content (AvgIpc) is 2.86. The molecule has 0 aromatic carbocycles. The number of nitrogens with one attached hydrogen (secondary N) is 1. The Morgan fingerprint density at radius 3 is 2.86 bits per heavy atom. The lowest BCUT2D eigenvalue weighted by Gasteiger charge is -2.40. The maximum absolute atomic E-state index is 12.6. The van der Waals surface area contributed by atoms with Crippen LogP contribution in [0.3, 0.4) is 0 Å². The minimum atomic E-state index is 0.188. The lowest BCUT2D eigenvalue weighted by atomic mass is 9.76. The molecule has 2 aromatic rings. The van der Waals surface area contributed by atoms with Gasteiger partial charge in [0.2, 0.25) is 0 Å². The van der Waals surface area contributed by atoms with Gasteiger partial charge in [-0.05, 0) is 36.6 Å². The first-order chi connectivity index (χ1) is 9.86. The Bertz CT molecular complexity index is 646. The predicted octanol–water partition coefficient (Wildman–Crippen LogP) is 3.20. The second-order valence-electron chi connectivity index (χ2n) is 7.24. The maximum atomic E-state index is 12.6. The van der Waals surface area contributed by atoms with E-state index in [1.165, 1.54) is 0 Å². The van der Waals surface area contributed by atoms with Gasteiger partial charge in [0, 0.05) is 12.1 Å². The first kappa shape index (κ1) is 14.7. The van der Waals surface area contributed by atoms with E-state index in [2.05, 4.69) is 38.0 Å². The molecule has 4 nitrogen and oxygen atoms in total. The van der Waals surface area contributed by atoms with Crippen LogP contribution in [-0.4, -0.2) is 17.1 Å². The molecule has 0 aliphatic carbocycles. The van der Waals surface area contributed by atoms with Gasteiger partial charge in [-0.1, -0.05) is 25.8 Å². The van der Waals surface area contributed by atoms with Crippen LogP contribution >= 0.6 is 11.3 Å². The standard InChI is InChI=1S/C16H23N3OS/c1-10-7-11(8-14(18-10)16(2,3)4)15-17-9-13-12(19(15)20)5-6-21-13/h5-6,9-11,14,18H,7-8H2,1-4H3. The van der Waals surface area contributed by atoms with Crippen LogP contribution in [0.2, 0.25) is 0 Å². The maximum Gasteiger partial charge on any atom is 0.305 e. The molecule has 0 radical (unpaired) electrons. The molecule has 1 aliphatic rings. The van der Waals surface area contributed by atoms with Crippen LogP contribution < -0.4 is 10.0 Å². The van der Waals surface area contributed by atoms with Crippen molar-refractivity contribution in [2.45, 2.75) is 58.5 Å². The van der Waals surface area contributed by atoms with Gasteiger partial charge in [-0.2, -0.15) is 0 Å². The van der Waals surface area contributed by atoms with E-state index >= 15 is 0 Å². The zero-order valence-electron chi connectivity index (χ0n) is 13.1. The highest BCUT2D eigenvalue weighted by Crippen LogP contribution is 2.35. The molecular formula is C16H23N3OS. The molecular weight excluding hydrogens is 282 g/mol. The molecule has 21 heavy (non-hydrogen) atoms. The first-order valence-corrected chi connectivity index (χ1v) is 8.46. The summed E-state index contributed by atoms with van der Waals surface area (Å²) in [5.41, 5.74) is 0.941. The van der Waals surface area contributed by atoms with Crippen LogP contribution in [0.4, 0.5) is 0 Å². The topological polar surface area (TPSA) is 51.9 Å². The third-order valence-electron chi connectivity index (χ3n) is 4.47. The largest absolute Gasteiger partial charge is 0.710 e. The van der Waals surface area contributed by atoms with Crippen molar-refractivity contribution in [3.63, 3.8) is 0 Å². The Labute approximate surface area is 129 Å². The molecule has 5 heteroatoms. The van der Waals surface area contributed by atoms with Gasteiger partial charge in [-0.3, -0.25) is 0 Å². The van der Waals surface area contributed by atoms with Crippen molar-refractivity contribution < 1.29 is 4.73 Å². The summed E-state index contributed by atoms with van der Waals surface area (Å²) in [4.78, 5) is 4.49. The molecule has 1 aliphatic heterocycles. The van der Waals surface area contributed by atoms with E-state index < -0.39 is 0 Å². The monoisotopic (exact) mass is 305 g/mol. The molecule has 3 atom stereocenters. The SMILES string of the molecule is CC1CC(c2ncc3sccc3[n+]2[O-])CC(C(C)(C)C)N1. The van der Waals surface area contributed by atoms with Crippen molar-refractivity contribution in [2.75, 3.05) is 0 Å². The van der Waals surface area contributed by atoms with Crippen LogP contribution in [0.5, 0.6) is 0 Å². The van der Waals surface area contributed by atoms with E-state index in [1.807, 2.05) is 17.6 Å². The number of fused-ring (bicyclic) bond motifs is 1. The predicted molar refractivity (Wildman–Crippen MR) is 86.4 cm³/mol. The van der Waals surface area contributed by atoms with Gasteiger partial charge in [-0.15, -0.1) is 11.3 Å². The molecule has 1 N–H and O–H groups in total. The van der Waals surface area contributed by atoms with Gasteiger partial charge in [-0.25, -0.2) is 4.73 Å². The number of hydrogen-bond acceptors (Lipinski definition) is 4. The van der Waals surface area contributed by atoms with Crippen molar-refractivity contribution in [2.24, 2.45) is 5.41 Å². The summed E-state index contributed by atoms with van der Waals surface area (Å²) in [6, 6.07) is 2.71. The highest BCUT2D eigenvalue weighted by Gasteiger charge is 2.37. The number of thiophene rings is 1. The van der Waals surface area contributed by atoms with Crippen molar-refractivity contribution in [3.8, 4) is 0 Å². The summed E-state index contributed by atoms with van der Waals surface area (Å²) < 4.78 is 2.01. The fraction of sp³-hybridized carbons (Fsp3) is 0.625. The lowest BCUT2D eigenvalue weighted by Crippen LogP contribution is -2.51. The van der Waals surface area contributed by atoms with Crippen molar-refractivity contribution in [3.05, 3.63) is 28.7 Å². The Kier molecular flexibility index (Phi) is 3.66. The molecule has 0 saturated carbocycles. The number of nitrogens with zero attached hydrogens (tertiary/aromatic N) is 2. The van der Waals surface area contributed by atoms with Crippen molar-refractivity contribution >= 4 is 21.6 Å². The van der Waals surface area contributed by atoms with Crippen molar-refractivity contribution in [1.29, 1.82) is 0 Å². The van der Waals surface area contributed by atoms with Crippen LogP contribution in [0.15, 0.2) is 17.6 Å². The van der Waals surface area contributed by atoms with Crippen LogP contribution in [-0.2, 0) is 0 Å². The molecule has 1 fully saturated rings. The minimum Gasteiger partial charge on any atom is -0.710 e. The highest BCUT2D eigenvalue weighted by atomic mass is 32.1. The molecule has 3 heterocycles. The normalized spacial score (nSPS) is 27.1. The number of rotatable bonds is 1. The molecule has 3 rings (SSSR count). The summed E-state index contributed by atoms with van der Waals surface area (Å²) in [5.74, 6) is 0.913. The lowest BCUT2D eigenvalue weighted by molar-refractivity contribution is -0.591. The third-order valence-corrected chi connectivity index (χ3v) is 5.31. The minimum absolute atomic E-state index is 0.188. The van der Waals surface area contributed by atoms with E-state index in [1.54, 1.807) is 11.3 Å². The smallest absolute Gasteiger partial charge is 0.305 e. The average molecular weight is 305 g/mol. The zero-order valence-corrected chi connectivity index (χ0v) is 13.9. The number of piperidine rings is 1. The second-order valence-corrected chi connectivity index (χ2v) is 8.18. The van der Waals surface area contributed by atoms with Crippen LogP contribution in [0.25, 0.3) is 10.2 Å². The number of aromatic nitrogens is 2. The molecule has 0 amide bonds. The van der Waals surface area contributed by atoms with Gasteiger partial charge in [0.1, 0.15) is 4.70 Å². The Balaban J connectivity index is 1.95. The van der Waals surface area contributed by atoms with Gasteiger partial charge in [0.05, 0.1) is 5.92 Å². The summed E-state index contributed by atoms with van der Waals surface area (Å²) in [6.45, 7) is 8.95. The fourth-order valence-corrected chi connectivity index (χ4v) is 3.98. The van der Waals surface area contributed by atoms with E-state index in [9.17, 15) is 5.21 Å². The van der Waals surface area contributed by atoms with Gasteiger partial charge < -0.3 is 10.5 Å². The van der Waals surface area contributed by atoms with Gasteiger partial charge in [0.15, 0.2) is 11.7 Å². The second kappa shape index (κ2) is 5.21. The molecule has 2 aromatic heterocycles. The third kappa shape index (κ3) is 2.77. The molecule has 3 unspecified atom stereocenters. The Morgan fingerprint density at radius 2 is 2.14 bits per heavy atom. The molecule has 0 bridgehead atoms.